The van der Waals surface area contributed by atoms with Crippen LogP contribution in [0.5, 0.6) is 0 Å². The SMILES string of the molecule is SSNC1CC1. The third-order valence-corrected chi connectivity index (χ3v) is 1.55. The van der Waals surface area contributed by atoms with Crippen molar-refractivity contribution in [1.82, 2.24) is 4.72 Å². The van der Waals surface area contributed by atoms with Crippen LogP contribution >= 0.6 is 22.6 Å². The smallest absolute Gasteiger partial charge is 0.0180 e. The van der Waals surface area contributed by atoms with Gasteiger partial charge in [0.25, 0.3) is 0 Å². The van der Waals surface area contributed by atoms with Gasteiger partial charge in [-0.05, 0) is 23.8 Å². The van der Waals surface area contributed by atoms with Crippen LogP contribution in [0.15, 0.2) is 0 Å². The molecule has 0 bridgehead atoms. The first-order valence-electron chi connectivity index (χ1n) is 1.99. The van der Waals surface area contributed by atoms with Gasteiger partial charge in [-0.3, -0.25) is 4.72 Å². The molecule has 3 heteroatoms. The fraction of sp³-hybridized carbons (Fsp3) is 1.00. The topological polar surface area (TPSA) is 12.0 Å². The van der Waals surface area contributed by atoms with E-state index < -0.39 is 0 Å². The first-order valence-corrected chi connectivity index (χ1v) is 3.86. The standard InChI is InChI=1S/C3H7NS2/c5-6-4-3-1-2-3/h3-5H,1-2H2. The molecule has 0 radical (unpaired) electrons. The molecule has 0 spiro atoms. The van der Waals surface area contributed by atoms with Crippen molar-refractivity contribution < 1.29 is 0 Å². The lowest BCUT2D eigenvalue weighted by atomic mass is 10.8. The second kappa shape index (κ2) is 2.09. The van der Waals surface area contributed by atoms with Crippen LogP contribution < -0.4 is 4.72 Å². The first kappa shape index (κ1) is 4.81. The molecule has 0 aliphatic heterocycles. The van der Waals surface area contributed by atoms with Crippen LogP contribution in [-0.2, 0) is 0 Å². The molecule has 1 rings (SSSR count). The molecule has 1 aliphatic carbocycles. The van der Waals surface area contributed by atoms with Gasteiger partial charge < -0.3 is 0 Å². The molecule has 1 fully saturated rings. The van der Waals surface area contributed by atoms with Crippen LogP contribution in [0, 0.1) is 0 Å². The maximum atomic E-state index is 3.91. The minimum Gasteiger partial charge on any atom is -0.252 e. The summed E-state index contributed by atoms with van der Waals surface area (Å²) in [4.78, 5) is 0. The molecule has 1 nitrogen and oxygen atoms in total. The molecule has 0 aromatic rings. The molecule has 36 valence electrons. The predicted octanol–water partition coefficient (Wildman–Crippen LogP) is 1.23. The summed E-state index contributed by atoms with van der Waals surface area (Å²) in [5.41, 5.74) is 0. The van der Waals surface area contributed by atoms with E-state index >= 15 is 0 Å². The average molecular weight is 121 g/mol. The zero-order valence-corrected chi connectivity index (χ0v) is 5.06. The third-order valence-electron chi connectivity index (χ3n) is 0.797. The normalized spacial score (nSPS) is 21.5. The van der Waals surface area contributed by atoms with Crippen molar-refractivity contribution in [2.75, 3.05) is 0 Å². The molecule has 0 aromatic heterocycles. The maximum absolute atomic E-state index is 3.91. The quantitative estimate of drug-likeness (QED) is 0.324. The first-order chi connectivity index (χ1) is 2.93. The summed E-state index contributed by atoms with van der Waals surface area (Å²) in [6, 6.07) is 0.785. The van der Waals surface area contributed by atoms with Gasteiger partial charge in [0.15, 0.2) is 0 Å². The number of rotatable bonds is 2. The second-order valence-electron chi connectivity index (χ2n) is 1.48. The Kier molecular flexibility index (Phi) is 1.68. The summed E-state index contributed by atoms with van der Waals surface area (Å²) in [5.74, 6) is 0. The lowest BCUT2D eigenvalue weighted by Crippen LogP contribution is -2.01. The monoisotopic (exact) mass is 121 g/mol. The van der Waals surface area contributed by atoms with Crippen LogP contribution in [0.4, 0.5) is 0 Å². The molecule has 6 heavy (non-hydrogen) atoms. The van der Waals surface area contributed by atoms with Gasteiger partial charge in [-0.1, -0.05) is 11.7 Å². The zero-order chi connectivity index (χ0) is 4.41. The molecule has 0 atom stereocenters. The zero-order valence-electron chi connectivity index (χ0n) is 3.35. The highest BCUT2D eigenvalue weighted by molar-refractivity contribution is 8.67. The highest BCUT2D eigenvalue weighted by Gasteiger charge is 2.19. The van der Waals surface area contributed by atoms with Gasteiger partial charge in [0.05, 0.1) is 0 Å². The molecule has 0 aromatic carbocycles. The van der Waals surface area contributed by atoms with E-state index in [1.165, 1.54) is 23.8 Å². The largest absolute Gasteiger partial charge is 0.252 e. The number of hydrogen-bond acceptors (Lipinski definition) is 3. The Morgan fingerprint density at radius 1 is 1.67 bits per heavy atom. The molecule has 0 heterocycles. The fourth-order valence-electron chi connectivity index (χ4n) is 0.276. The Bertz CT molecular complexity index is 44.1. The van der Waals surface area contributed by atoms with Gasteiger partial charge in [0, 0.05) is 6.04 Å². The molecule has 0 unspecified atom stereocenters. The van der Waals surface area contributed by atoms with Crippen molar-refractivity contribution in [1.29, 1.82) is 0 Å². The number of nitrogens with one attached hydrogen (secondary N) is 1. The van der Waals surface area contributed by atoms with Gasteiger partial charge in [0.2, 0.25) is 0 Å². The third kappa shape index (κ3) is 1.41. The molecule has 1 saturated carbocycles. The molecular weight excluding hydrogens is 114 g/mol. The summed E-state index contributed by atoms with van der Waals surface area (Å²) in [5, 5.41) is 0. The maximum Gasteiger partial charge on any atom is 0.0180 e. The number of hydrogen-bond donors (Lipinski definition) is 2. The lowest BCUT2D eigenvalue weighted by Gasteiger charge is -1.87. The van der Waals surface area contributed by atoms with Gasteiger partial charge in [-0.2, -0.15) is 0 Å². The molecule has 0 saturated heterocycles. The second-order valence-corrected chi connectivity index (χ2v) is 2.45. The van der Waals surface area contributed by atoms with E-state index in [2.05, 4.69) is 16.4 Å². The van der Waals surface area contributed by atoms with Crippen molar-refractivity contribution in [3.8, 4) is 0 Å². The van der Waals surface area contributed by atoms with E-state index in [9.17, 15) is 0 Å². The van der Waals surface area contributed by atoms with E-state index in [-0.39, 0.29) is 0 Å². The highest BCUT2D eigenvalue weighted by Crippen LogP contribution is 2.21. The van der Waals surface area contributed by atoms with E-state index in [0.717, 1.165) is 6.04 Å². The van der Waals surface area contributed by atoms with Crippen molar-refractivity contribution in [2.24, 2.45) is 0 Å². The Morgan fingerprint density at radius 3 is 2.50 bits per heavy atom. The molecule has 1 N–H and O–H groups in total. The van der Waals surface area contributed by atoms with Crippen LogP contribution in [0.3, 0.4) is 0 Å². The van der Waals surface area contributed by atoms with Crippen molar-refractivity contribution in [3.63, 3.8) is 0 Å². The van der Waals surface area contributed by atoms with Crippen molar-refractivity contribution in [3.05, 3.63) is 0 Å². The van der Waals surface area contributed by atoms with E-state index in [4.69, 9.17) is 0 Å². The summed E-state index contributed by atoms with van der Waals surface area (Å²) >= 11 is 3.91. The van der Waals surface area contributed by atoms with E-state index in [1.807, 2.05) is 0 Å². The Labute approximate surface area is 46.8 Å². The van der Waals surface area contributed by atoms with Gasteiger partial charge >= 0.3 is 0 Å². The lowest BCUT2D eigenvalue weighted by molar-refractivity contribution is 0.979. The predicted molar refractivity (Wildman–Crippen MR) is 32.7 cm³/mol. The molecular formula is C3H7NS2. The fourth-order valence-corrected chi connectivity index (χ4v) is 1.11. The van der Waals surface area contributed by atoms with Gasteiger partial charge in [-0.15, -0.1) is 0 Å². The minimum atomic E-state index is 0.785. The van der Waals surface area contributed by atoms with Gasteiger partial charge in [-0.25, -0.2) is 0 Å². The summed E-state index contributed by atoms with van der Waals surface area (Å²) < 4.78 is 3.10. The number of thiol groups is 1. The Hall–Kier alpha value is 0.660. The van der Waals surface area contributed by atoms with Crippen LogP contribution in [0.2, 0.25) is 0 Å². The summed E-state index contributed by atoms with van der Waals surface area (Å²) in [7, 11) is 1.42. The Morgan fingerprint density at radius 2 is 2.33 bits per heavy atom. The molecule has 1 aliphatic rings. The minimum absolute atomic E-state index is 0.785. The van der Waals surface area contributed by atoms with E-state index in [0.29, 0.717) is 0 Å². The van der Waals surface area contributed by atoms with Gasteiger partial charge in [0.1, 0.15) is 0 Å². The highest BCUT2D eigenvalue weighted by atomic mass is 33.1. The van der Waals surface area contributed by atoms with Crippen LogP contribution in [0.25, 0.3) is 0 Å². The average Bonchev–Trinajstić information content (AvgIpc) is 2.21. The van der Waals surface area contributed by atoms with E-state index in [1.54, 1.807) is 0 Å². The summed E-state index contributed by atoms with van der Waals surface area (Å²) in [6.45, 7) is 0. The molecule has 0 amide bonds. The Balaban J connectivity index is 1.88. The van der Waals surface area contributed by atoms with Crippen LogP contribution in [0.1, 0.15) is 12.8 Å². The van der Waals surface area contributed by atoms with Crippen molar-refractivity contribution in [2.45, 2.75) is 18.9 Å². The van der Waals surface area contributed by atoms with Crippen molar-refractivity contribution >= 4 is 22.6 Å². The summed E-state index contributed by atoms with van der Waals surface area (Å²) in [6.07, 6.45) is 2.68. The van der Waals surface area contributed by atoms with Crippen LogP contribution in [-0.4, -0.2) is 6.04 Å².